The van der Waals surface area contributed by atoms with E-state index in [1.165, 1.54) is 18.2 Å². The van der Waals surface area contributed by atoms with Gasteiger partial charge < -0.3 is 20.1 Å². The van der Waals surface area contributed by atoms with Crippen molar-refractivity contribution in [3.8, 4) is 0 Å². The minimum Gasteiger partial charge on any atom is -0.382 e. The predicted octanol–water partition coefficient (Wildman–Crippen LogP) is 1.83. The van der Waals surface area contributed by atoms with E-state index in [4.69, 9.17) is 15.2 Å². The number of halogens is 2. The Hall–Kier alpha value is -1.21. The van der Waals surface area contributed by atoms with Crippen LogP contribution in [0.25, 0.3) is 0 Å². The highest BCUT2D eigenvalue weighted by atomic mass is 35.5. The minimum atomic E-state index is -0.390. The molecule has 0 fully saturated rings. The van der Waals surface area contributed by atoms with E-state index in [1.807, 2.05) is 6.92 Å². The molecule has 7 heteroatoms. The first-order valence-corrected chi connectivity index (χ1v) is 6.83. The Morgan fingerprint density at radius 2 is 2.09 bits per heavy atom. The number of ether oxygens (including phenoxy) is 2. The van der Waals surface area contributed by atoms with Gasteiger partial charge in [0.25, 0.3) is 5.91 Å². The van der Waals surface area contributed by atoms with Crippen molar-refractivity contribution in [1.29, 1.82) is 0 Å². The lowest BCUT2D eigenvalue weighted by Gasteiger charge is -2.24. The number of hydrogen-bond donors (Lipinski definition) is 1. The highest BCUT2D eigenvalue weighted by Gasteiger charge is 2.17. The van der Waals surface area contributed by atoms with Crippen LogP contribution in [0.5, 0.6) is 0 Å². The number of methoxy groups -OCH3 is 1. The second-order valence-electron chi connectivity index (χ2n) is 4.85. The fraction of sp³-hybridized carbons (Fsp3) is 0.533. The van der Waals surface area contributed by atoms with Crippen LogP contribution in [0.2, 0.25) is 0 Å². The minimum absolute atomic E-state index is 0. The number of hydrogen-bond acceptors (Lipinski definition) is 4. The van der Waals surface area contributed by atoms with Gasteiger partial charge in [0.05, 0.1) is 19.8 Å². The van der Waals surface area contributed by atoms with E-state index < -0.39 is 5.82 Å². The van der Waals surface area contributed by atoms with E-state index in [-0.39, 0.29) is 31.0 Å². The third kappa shape index (κ3) is 5.88. The Kier molecular flexibility index (Phi) is 9.93. The summed E-state index contributed by atoms with van der Waals surface area (Å²) in [6.07, 6.45) is 0. The standard InChI is InChI=1S/C15H23FN2O3.ClH/c1-11(9-17)18(2)15(19)12-4-5-14(16)13(8-12)10-21-7-6-20-3;/h4-5,8,11H,6-7,9-10,17H2,1-3H3;1H. The highest BCUT2D eigenvalue weighted by molar-refractivity contribution is 5.94. The van der Waals surface area contributed by atoms with Crippen molar-refractivity contribution < 1.29 is 18.7 Å². The first-order chi connectivity index (χ1) is 10.0. The molecule has 1 rings (SSSR count). The molecule has 22 heavy (non-hydrogen) atoms. The number of rotatable bonds is 8. The van der Waals surface area contributed by atoms with Gasteiger partial charge >= 0.3 is 0 Å². The van der Waals surface area contributed by atoms with Gasteiger partial charge in [-0.25, -0.2) is 4.39 Å². The highest BCUT2D eigenvalue weighted by Crippen LogP contribution is 2.14. The molecule has 0 saturated carbocycles. The zero-order chi connectivity index (χ0) is 15.8. The summed E-state index contributed by atoms with van der Waals surface area (Å²) in [5, 5.41) is 0. The fourth-order valence-electron chi connectivity index (χ4n) is 1.70. The lowest BCUT2D eigenvalue weighted by Crippen LogP contribution is -2.39. The second kappa shape index (κ2) is 10.5. The number of nitrogens with zero attached hydrogens (tertiary/aromatic N) is 1. The van der Waals surface area contributed by atoms with Crippen LogP contribution in [-0.4, -0.2) is 50.8 Å². The first kappa shape index (κ1) is 20.8. The second-order valence-corrected chi connectivity index (χ2v) is 4.85. The smallest absolute Gasteiger partial charge is 0.253 e. The summed E-state index contributed by atoms with van der Waals surface area (Å²) in [6.45, 7) is 3.15. The van der Waals surface area contributed by atoms with Gasteiger partial charge in [0.2, 0.25) is 0 Å². The molecule has 0 saturated heterocycles. The molecule has 126 valence electrons. The predicted molar refractivity (Wildman–Crippen MR) is 85.8 cm³/mol. The summed E-state index contributed by atoms with van der Waals surface area (Å²) in [6, 6.07) is 4.19. The molecular formula is C15H24ClFN2O3. The summed E-state index contributed by atoms with van der Waals surface area (Å²) < 4.78 is 23.9. The Morgan fingerprint density at radius 1 is 1.41 bits per heavy atom. The summed E-state index contributed by atoms with van der Waals surface area (Å²) in [5.41, 5.74) is 6.32. The van der Waals surface area contributed by atoms with Crippen LogP contribution in [0, 0.1) is 5.82 Å². The first-order valence-electron chi connectivity index (χ1n) is 6.83. The van der Waals surface area contributed by atoms with Crippen LogP contribution in [0.4, 0.5) is 4.39 Å². The number of benzene rings is 1. The van der Waals surface area contributed by atoms with Gasteiger partial charge in [-0.1, -0.05) is 0 Å². The van der Waals surface area contributed by atoms with E-state index in [9.17, 15) is 9.18 Å². The molecule has 0 spiro atoms. The number of amides is 1. The molecule has 2 N–H and O–H groups in total. The van der Waals surface area contributed by atoms with Crippen molar-refractivity contribution in [1.82, 2.24) is 4.90 Å². The van der Waals surface area contributed by atoms with E-state index in [1.54, 1.807) is 19.1 Å². The summed E-state index contributed by atoms with van der Waals surface area (Å²) in [7, 11) is 3.25. The lowest BCUT2D eigenvalue weighted by atomic mass is 10.1. The normalized spacial score (nSPS) is 11.7. The van der Waals surface area contributed by atoms with Crippen molar-refractivity contribution in [2.45, 2.75) is 19.6 Å². The number of nitrogens with two attached hydrogens (primary N) is 1. The third-order valence-corrected chi connectivity index (χ3v) is 3.30. The van der Waals surface area contributed by atoms with Crippen LogP contribution >= 0.6 is 12.4 Å². The average Bonchev–Trinajstić information content (AvgIpc) is 2.50. The summed E-state index contributed by atoms with van der Waals surface area (Å²) in [4.78, 5) is 13.8. The maximum Gasteiger partial charge on any atom is 0.253 e. The summed E-state index contributed by atoms with van der Waals surface area (Å²) in [5.74, 6) is -0.579. The van der Waals surface area contributed by atoms with Crippen LogP contribution in [0.1, 0.15) is 22.8 Å². The van der Waals surface area contributed by atoms with Crippen LogP contribution in [0.3, 0.4) is 0 Å². The van der Waals surface area contributed by atoms with Gasteiger partial charge in [0.15, 0.2) is 0 Å². The van der Waals surface area contributed by atoms with Crippen LogP contribution in [-0.2, 0) is 16.1 Å². The molecule has 0 radical (unpaired) electrons. The van der Waals surface area contributed by atoms with E-state index >= 15 is 0 Å². The number of likely N-dealkylation sites (N-methyl/N-ethyl adjacent to an activating group) is 1. The van der Waals surface area contributed by atoms with Gasteiger partial charge in [-0.05, 0) is 25.1 Å². The topological polar surface area (TPSA) is 64.8 Å². The van der Waals surface area contributed by atoms with Crippen molar-refractivity contribution in [2.24, 2.45) is 5.73 Å². The molecule has 0 aliphatic heterocycles. The fourth-order valence-corrected chi connectivity index (χ4v) is 1.70. The van der Waals surface area contributed by atoms with Gasteiger partial charge in [-0.15, -0.1) is 12.4 Å². The van der Waals surface area contributed by atoms with E-state index in [2.05, 4.69) is 0 Å². The molecule has 5 nitrogen and oxygen atoms in total. The van der Waals surface area contributed by atoms with Crippen molar-refractivity contribution >= 4 is 18.3 Å². The largest absolute Gasteiger partial charge is 0.382 e. The molecule has 0 aliphatic carbocycles. The van der Waals surface area contributed by atoms with Crippen molar-refractivity contribution in [2.75, 3.05) is 33.9 Å². The summed E-state index contributed by atoms with van der Waals surface area (Å²) >= 11 is 0. The molecule has 1 aromatic carbocycles. The molecule has 0 heterocycles. The van der Waals surface area contributed by atoms with E-state index in [0.29, 0.717) is 30.9 Å². The van der Waals surface area contributed by atoms with E-state index in [0.717, 1.165) is 0 Å². The molecule has 0 bridgehead atoms. The quantitative estimate of drug-likeness (QED) is 0.737. The average molecular weight is 335 g/mol. The van der Waals surface area contributed by atoms with Gasteiger partial charge in [-0.2, -0.15) is 0 Å². The maximum absolute atomic E-state index is 13.7. The molecular weight excluding hydrogens is 311 g/mol. The Bertz CT molecular complexity index is 474. The van der Waals surface area contributed by atoms with Gasteiger partial charge in [0, 0.05) is 37.9 Å². The molecule has 0 aliphatic rings. The lowest BCUT2D eigenvalue weighted by molar-refractivity contribution is 0.0603. The Morgan fingerprint density at radius 3 is 2.68 bits per heavy atom. The molecule has 1 atom stereocenters. The maximum atomic E-state index is 13.7. The van der Waals surface area contributed by atoms with Gasteiger partial charge in [0.1, 0.15) is 5.82 Å². The monoisotopic (exact) mass is 334 g/mol. The Labute approximate surface area is 137 Å². The zero-order valence-electron chi connectivity index (χ0n) is 13.2. The molecule has 1 amide bonds. The van der Waals surface area contributed by atoms with Crippen molar-refractivity contribution in [3.05, 3.63) is 35.1 Å². The molecule has 0 aromatic heterocycles. The zero-order valence-corrected chi connectivity index (χ0v) is 14.0. The third-order valence-electron chi connectivity index (χ3n) is 3.30. The Balaban J connectivity index is 0.00000441. The van der Waals surface area contributed by atoms with Crippen molar-refractivity contribution in [3.63, 3.8) is 0 Å². The SMILES string of the molecule is COCCOCc1cc(C(=O)N(C)C(C)CN)ccc1F.Cl. The van der Waals surface area contributed by atoms with Crippen LogP contribution in [0.15, 0.2) is 18.2 Å². The van der Waals surface area contributed by atoms with Crippen LogP contribution < -0.4 is 5.73 Å². The molecule has 1 unspecified atom stereocenters. The number of carbonyl (C=O) groups is 1. The van der Waals surface area contributed by atoms with Gasteiger partial charge in [-0.3, -0.25) is 4.79 Å². The molecule has 1 aromatic rings. The number of carbonyl (C=O) groups excluding carboxylic acids is 1.